The van der Waals surface area contributed by atoms with Gasteiger partial charge in [-0.25, -0.2) is 0 Å². The van der Waals surface area contributed by atoms with E-state index in [-0.39, 0.29) is 24.0 Å². The molecule has 2 rings (SSSR count). The van der Waals surface area contributed by atoms with E-state index in [2.05, 4.69) is 34.7 Å². The van der Waals surface area contributed by atoms with Crippen molar-refractivity contribution in [3.8, 4) is 5.75 Å². The molecule has 1 fully saturated rings. The fraction of sp³-hybridized carbons (Fsp3) is 0.636. The van der Waals surface area contributed by atoms with Crippen LogP contribution >= 0.6 is 24.0 Å². The molecule has 6 nitrogen and oxygen atoms in total. The Hall–Kier alpha value is -1.51. The summed E-state index contributed by atoms with van der Waals surface area (Å²) < 4.78 is 5.19. The zero-order valence-corrected chi connectivity index (χ0v) is 20.2. The summed E-state index contributed by atoms with van der Waals surface area (Å²) in [4.78, 5) is 18.7. The van der Waals surface area contributed by atoms with Crippen molar-refractivity contribution in [2.24, 2.45) is 4.99 Å². The number of likely N-dealkylation sites (tertiary alicyclic amines) is 1. The Morgan fingerprint density at radius 3 is 2.66 bits per heavy atom. The van der Waals surface area contributed by atoms with E-state index in [0.717, 1.165) is 76.5 Å². The van der Waals surface area contributed by atoms with E-state index in [0.29, 0.717) is 12.3 Å². The predicted molar refractivity (Wildman–Crippen MR) is 130 cm³/mol. The molecule has 0 unspecified atom stereocenters. The summed E-state index contributed by atoms with van der Waals surface area (Å²) in [6, 6.07) is 8.23. The van der Waals surface area contributed by atoms with Gasteiger partial charge in [-0.2, -0.15) is 0 Å². The second-order valence-electron chi connectivity index (χ2n) is 7.18. The number of carbonyl (C=O) groups excluding carboxylic acids is 1. The molecule has 2 N–H and O–H groups in total. The fourth-order valence-electron chi connectivity index (χ4n) is 3.36. The second kappa shape index (κ2) is 15.3. The first kappa shape index (κ1) is 25.5. The minimum atomic E-state index is 0. The summed E-state index contributed by atoms with van der Waals surface area (Å²) in [5.41, 5.74) is 1.31. The van der Waals surface area contributed by atoms with Crippen LogP contribution in [0, 0.1) is 0 Å². The summed E-state index contributed by atoms with van der Waals surface area (Å²) in [7, 11) is 1.69. The molecule has 1 heterocycles. The smallest absolute Gasteiger partial charge is 0.222 e. The maximum Gasteiger partial charge on any atom is 0.222 e. The molecule has 1 aliphatic heterocycles. The van der Waals surface area contributed by atoms with Crippen LogP contribution in [0.3, 0.4) is 0 Å². The number of methoxy groups -OCH3 is 1. The molecule has 164 valence electrons. The molecule has 1 amide bonds. The van der Waals surface area contributed by atoms with Crippen LogP contribution < -0.4 is 15.4 Å². The zero-order valence-electron chi connectivity index (χ0n) is 17.9. The number of carbonyl (C=O) groups is 1. The van der Waals surface area contributed by atoms with E-state index in [1.54, 1.807) is 7.11 Å². The molecule has 0 spiro atoms. The van der Waals surface area contributed by atoms with Crippen LogP contribution in [0.4, 0.5) is 0 Å². The number of aliphatic imine (C=N–C) groups is 1. The van der Waals surface area contributed by atoms with Crippen LogP contribution in [0.1, 0.15) is 51.0 Å². The quantitative estimate of drug-likeness (QED) is 0.216. The van der Waals surface area contributed by atoms with E-state index >= 15 is 0 Å². The second-order valence-corrected chi connectivity index (χ2v) is 7.18. The summed E-state index contributed by atoms with van der Waals surface area (Å²) in [5.74, 6) is 2.06. The molecular formula is C22H37IN4O2. The van der Waals surface area contributed by atoms with Crippen LogP contribution in [-0.2, 0) is 11.2 Å². The molecule has 1 aliphatic rings. The highest BCUT2D eigenvalue weighted by Crippen LogP contribution is 2.12. The van der Waals surface area contributed by atoms with E-state index in [1.165, 1.54) is 12.0 Å². The predicted octanol–water partition coefficient (Wildman–Crippen LogP) is 3.59. The number of hydrogen-bond acceptors (Lipinski definition) is 3. The number of nitrogens with zero attached hydrogens (tertiary/aromatic N) is 2. The molecule has 1 aromatic rings. The third-order valence-electron chi connectivity index (χ3n) is 4.97. The number of benzene rings is 1. The Bertz CT molecular complexity index is 607. The highest BCUT2D eigenvalue weighted by atomic mass is 127. The molecule has 0 atom stereocenters. The number of aryl methyl sites for hydroxylation is 1. The first-order valence-electron chi connectivity index (χ1n) is 10.7. The molecule has 0 saturated carbocycles. The lowest BCUT2D eigenvalue weighted by Crippen LogP contribution is -2.38. The van der Waals surface area contributed by atoms with Crippen LogP contribution in [0.15, 0.2) is 29.3 Å². The normalized spacial score (nSPS) is 14.8. The van der Waals surface area contributed by atoms with Gasteiger partial charge in [-0.05, 0) is 56.7 Å². The molecule has 0 bridgehead atoms. The number of nitrogens with one attached hydrogen (secondary N) is 2. The highest BCUT2D eigenvalue weighted by Gasteiger charge is 2.15. The number of ether oxygens (including phenoxy) is 1. The lowest BCUT2D eigenvalue weighted by atomic mass is 10.1. The van der Waals surface area contributed by atoms with Crippen molar-refractivity contribution in [3.63, 3.8) is 0 Å². The minimum absolute atomic E-state index is 0. The third-order valence-corrected chi connectivity index (χ3v) is 4.97. The van der Waals surface area contributed by atoms with Gasteiger partial charge in [0.1, 0.15) is 5.75 Å². The van der Waals surface area contributed by atoms with Crippen molar-refractivity contribution in [1.29, 1.82) is 0 Å². The molecule has 1 aromatic carbocycles. The van der Waals surface area contributed by atoms with Crippen LogP contribution in [-0.4, -0.2) is 56.6 Å². The Kier molecular flexibility index (Phi) is 13.5. The summed E-state index contributed by atoms with van der Waals surface area (Å²) in [6.07, 6.45) is 7.03. The number of rotatable bonds is 10. The molecule has 0 aliphatic carbocycles. The summed E-state index contributed by atoms with van der Waals surface area (Å²) in [5, 5.41) is 6.70. The molecule has 0 aromatic heterocycles. The van der Waals surface area contributed by atoms with Gasteiger partial charge in [-0.3, -0.25) is 9.79 Å². The van der Waals surface area contributed by atoms with Gasteiger partial charge in [-0.1, -0.05) is 18.6 Å². The van der Waals surface area contributed by atoms with Gasteiger partial charge in [-0.15, -0.1) is 24.0 Å². The molecule has 1 saturated heterocycles. The van der Waals surface area contributed by atoms with Gasteiger partial charge < -0.3 is 20.3 Å². The Morgan fingerprint density at radius 2 is 1.93 bits per heavy atom. The minimum Gasteiger partial charge on any atom is -0.497 e. The SMILES string of the molecule is CCNC(=NCCCN1CCCCCC1=O)NCCCc1ccc(OC)cc1.I. The van der Waals surface area contributed by atoms with Crippen molar-refractivity contribution in [1.82, 2.24) is 15.5 Å². The number of amides is 1. The lowest BCUT2D eigenvalue weighted by molar-refractivity contribution is -0.130. The topological polar surface area (TPSA) is 66.0 Å². The fourth-order valence-corrected chi connectivity index (χ4v) is 3.36. The molecule has 0 radical (unpaired) electrons. The average molecular weight is 516 g/mol. The van der Waals surface area contributed by atoms with Gasteiger partial charge in [0.05, 0.1) is 7.11 Å². The van der Waals surface area contributed by atoms with Gasteiger partial charge >= 0.3 is 0 Å². The zero-order chi connectivity index (χ0) is 20.0. The van der Waals surface area contributed by atoms with Gasteiger partial charge in [0.15, 0.2) is 5.96 Å². The Labute approximate surface area is 192 Å². The van der Waals surface area contributed by atoms with Crippen LogP contribution in [0.2, 0.25) is 0 Å². The standard InChI is InChI=1S/C22H36N4O2.HI/c1-3-23-22(24-15-7-9-19-11-13-20(28-2)14-12-19)25-16-8-18-26-17-6-4-5-10-21(26)27;/h11-14H,3-10,15-18H2,1-2H3,(H2,23,24,25);1H. The third kappa shape index (κ3) is 10.2. The largest absolute Gasteiger partial charge is 0.497 e. The maximum absolute atomic E-state index is 12.0. The van der Waals surface area contributed by atoms with Crippen molar-refractivity contribution in [2.75, 3.05) is 39.8 Å². The van der Waals surface area contributed by atoms with Crippen molar-refractivity contribution >= 4 is 35.8 Å². The number of hydrogen-bond donors (Lipinski definition) is 2. The monoisotopic (exact) mass is 516 g/mol. The Morgan fingerprint density at radius 1 is 1.14 bits per heavy atom. The first-order valence-corrected chi connectivity index (χ1v) is 10.7. The maximum atomic E-state index is 12.0. The van der Waals surface area contributed by atoms with Crippen molar-refractivity contribution in [3.05, 3.63) is 29.8 Å². The van der Waals surface area contributed by atoms with E-state index in [1.807, 2.05) is 17.0 Å². The van der Waals surface area contributed by atoms with E-state index in [9.17, 15) is 4.79 Å². The number of guanidine groups is 1. The number of halogens is 1. The van der Waals surface area contributed by atoms with Gasteiger partial charge in [0, 0.05) is 39.1 Å². The van der Waals surface area contributed by atoms with Crippen LogP contribution in [0.5, 0.6) is 5.75 Å². The van der Waals surface area contributed by atoms with Crippen molar-refractivity contribution in [2.45, 2.75) is 51.9 Å². The highest BCUT2D eigenvalue weighted by molar-refractivity contribution is 14.0. The Balaban J connectivity index is 0.00000420. The van der Waals surface area contributed by atoms with Gasteiger partial charge in [0.25, 0.3) is 0 Å². The molecule has 29 heavy (non-hydrogen) atoms. The molecule has 7 heteroatoms. The lowest BCUT2D eigenvalue weighted by Gasteiger charge is -2.20. The first-order chi connectivity index (χ1) is 13.7. The van der Waals surface area contributed by atoms with Crippen LogP contribution in [0.25, 0.3) is 0 Å². The average Bonchev–Trinajstić information content (AvgIpc) is 2.93. The molecular weight excluding hydrogens is 479 g/mol. The van der Waals surface area contributed by atoms with E-state index in [4.69, 9.17) is 4.74 Å². The van der Waals surface area contributed by atoms with Crippen molar-refractivity contribution < 1.29 is 9.53 Å². The summed E-state index contributed by atoms with van der Waals surface area (Å²) >= 11 is 0. The van der Waals surface area contributed by atoms with Gasteiger partial charge in [0.2, 0.25) is 5.91 Å². The van der Waals surface area contributed by atoms with E-state index < -0.39 is 0 Å². The summed E-state index contributed by atoms with van der Waals surface area (Å²) in [6.45, 7) is 6.25.